The molecule has 0 aliphatic carbocycles. The third-order valence-electron chi connectivity index (χ3n) is 4.24. The molecular formula is C23H24N2O5S. The number of sulfonamides is 1. The summed E-state index contributed by atoms with van der Waals surface area (Å²) in [7, 11) is -3.76. The van der Waals surface area contributed by atoms with E-state index in [0.29, 0.717) is 29.5 Å². The molecule has 8 heteroatoms. The summed E-state index contributed by atoms with van der Waals surface area (Å²) >= 11 is 0. The van der Waals surface area contributed by atoms with Crippen LogP contribution < -0.4 is 19.1 Å². The van der Waals surface area contributed by atoms with Crippen LogP contribution in [0, 0.1) is 0 Å². The number of carbonyl (C=O) groups is 1. The lowest BCUT2D eigenvalue weighted by Gasteiger charge is -2.24. The van der Waals surface area contributed by atoms with Crippen LogP contribution >= 0.6 is 0 Å². The number of amides is 1. The summed E-state index contributed by atoms with van der Waals surface area (Å²) in [6, 6.07) is 22.6. The van der Waals surface area contributed by atoms with E-state index in [2.05, 4.69) is 5.32 Å². The normalized spacial score (nSPS) is 10.9. The Hall–Kier alpha value is -3.52. The van der Waals surface area contributed by atoms with Crippen LogP contribution in [0.2, 0.25) is 0 Å². The van der Waals surface area contributed by atoms with Crippen molar-refractivity contribution in [3.8, 4) is 17.2 Å². The van der Waals surface area contributed by atoms with Crippen LogP contribution in [-0.4, -0.2) is 33.7 Å². The van der Waals surface area contributed by atoms with Gasteiger partial charge in [0.2, 0.25) is 15.9 Å². The molecule has 3 aromatic carbocycles. The minimum absolute atomic E-state index is 0.274. The summed E-state index contributed by atoms with van der Waals surface area (Å²) in [4.78, 5) is 12.6. The maximum atomic E-state index is 12.6. The maximum absolute atomic E-state index is 12.6. The minimum Gasteiger partial charge on any atom is -0.494 e. The molecule has 31 heavy (non-hydrogen) atoms. The number of carbonyl (C=O) groups excluding carboxylic acids is 1. The molecule has 0 aromatic heterocycles. The van der Waals surface area contributed by atoms with Crippen LogP contribution in [-0.2, 0) is 14.8 Å². The fraction of sp³-hybridized carbons (Fsp3) is 0.174. The van der Waals surface area contributed by atoms with Crippen LogP contribution in [0.25, 0.3) is 0 Å². The van der Waals surface area contributed by atoms with Crippen molar-refractivity contribution in [2.75, 3.05) is 29.0 Å². The highest BCUT2D eigenvalue weighted by atomic mass is 32.2. The molecule has 0 heterocycles. The van der Waals surface area contributed by atoms with E-state index in [0.717, 1.165) is 10.6 Å². The Balaban J connectivity index is 1.81. The second-order valence-electron chi connectivity index (χ2n) is 6.66. The van der Waals surface area contributed by atoms with Gasteiger partial charge in [-0.3, -0.25) is 9.10 Å². The molecule has 0 saturated carbocycles. The average molecular weight is 441 g/mol. The van der Waals surface area contributed by atoms with Gasteiger partial charge in [0, 0.05) is 5.69 Å². The largest absolute Gasteiger partial charge is 0.494 e. The number of nitrogens with zero attached hydrogens (tertiary/aromatic N) is 1. The molecule has 3 aromatic rings. The van der Waals surface area contributed by atoms with E-state index in [9.17, 15) is 13.2 Å². The predicted molar refractivity (Wildman–Crippen MR) is 121 cm³/mol. The molecule has 1 amide bonds. The Morgan fingerprint density at radius 2 is 1.55 bits per heavy atom. The third-order valence-corrected chi connectivity index (χ3v) is 5.37. The molecule has 162 valence electrons. The van der Waals surface area contributed by atoms with Crippen molar-refractivity contribution >= 4 is 27.3 Å². The lowest BCUT2D eigenvalue weighted by molar-refractivity contribution is -0.114. The van der Waals surface area contributed by atoms with Crippen LogP contribution in [0.5, 0.6) is 17.2 Å². The quantitative estimate of drug-likeness (QED) is 0.537. The number of hydrogen-bond acceptors (Lipinski definition) is 5. The van der Waals surface area contributed by atoms with Gasteiger partial charge in [-0.25, -0.2) is 8.42 Å². The number of ether oxygens (including phenoxy) is 2. The Morgan fingerprint density at radius 1 is 0.903 bits per heavy atom. The van der Waals surface area contributed by atoms with Crippen molar-refractivity contribution < 1.29 is 22.7 Å². The predicted octanol–water partition coefficient (Wildman–Crippen LogP) is 4.28. The summed E-state index contributed by atoms with van der Waals surface area (Å²) in [5.41, 5.74) is 0.812. The summed E-state index contributed by atoms with van der Waals surface area (Å²) in [5.74, 6) is 1.09. The Kier molecular flexibility index (Phi) is 7.15. The smallest absolute Gasteiger partial charge is 0.245 e. The third kappa shape index (κ3) is 6.23. The van der Waals surface area contributed by atoms with Gasteiger partial charge in [-0.2, -0.15) is 0 Å². The van der Waals surface area contributed by atoms with E-state index in [-0.39, 0.29) is 5.69 Å². The molecule has 1 N–H and O–H groups in total. The fourth-order valence-electron chi connectivity index (χ4n) is 2.88. The lowest BCUT2D eigenvalue weighted by atomic mass is 10.2. The maximum Gasteiger partial charge on any atom is 0.245 e. The van der Waals surface area contributed by atoms with Gasteiger partial charge >= 0.3 is 0 Å². The van der Waals surface area contributed by atoms with E-state index in [4.69, 9.17) is 9.47 Å². The zero-order valence-corrected chi connectivity index (χ0v) is 18.1. The number of rotatable bonds is 9. The molecule has 0 aliphatic heterocycles. The molecule has 0 atom stereocenters. The van der Waals surface area contributed by atoms with Gasteiger partial charge in [0.15, 0.2) is 5.75 Å². The molecule has 0 spiro atoms. The van der Waals surface area contributed by atoms with Crippen molar-refractivity contribution in [2.24, 2.45) is 0 Å². The molecule has 0 bridgehead atoms. The van der Waals surface area contributed by atoms with Gasteiger partial charge < -0.3 is 14.8 Å². The summed E-state index contributed by atoms with van der Waals surface area (Å²) in [5, 5.41) is 2.71. The van der Waals surface area contributed by atoms with E-state index < -0.39 is 22.5 Å². The molecule has 0 unspecified atom stereocenters. The van der Waals surface area contributed by atoms with Crippen LogP contribution in [0.4, 0.5) is 11.4 Å². The Bertz CT molecular complexity index is 1120. The van der Waals surface area contributed by atoms with Crippen molar-refractivity contribution in [3.63, 3.8) is 0 Å². The van der Waals surface area contributed by atoms with Crippen molar-refractivity contribution in [3.05, 3.63) is 78.9 Å². The van der Waals surface area contributed by atoms with Crippen molar-refractivity contribution in [2.45, 2.75) is 6.92 Å². The van der Waals surface area contributed by atoms with Crippen LogP contribution in [0.3, 0.4) is 0 Å². The minimum atomic E-state index is -3.76. The molecule has 0 aliphatic rings. The highest BCUT2D eigenvalue weighted by Crippen LogP contribution is 2.33. The summed E-state index contributed by atoms with van der Waals surface area (Å²) in [6.07, 6.45) is 1.05. The molecule has 3 rings (SSSR count). The van der Waals surface area contributed by atoms with E-state index in [1.807, 2.05) is 25.1 Å². The van der Waals surface area contributed by atoms with Gasteiger partial charge in [0.05, 0.1) is 18.6 Å². The molecule has 7 nitrogen and oxygen atoms in total. The first-order valence-electron chi connectivity index (χ1n) is 9.69. The van der Waals surface area contributed by atoms with Gasteiger partial charge in [-0.1, -0.05) is 30.3 Å². The monoisotopic (exact) mass is 440 g/mol. The first kappa shape index (κ1) is 22.2. The average Bonchev–Trinajstić information content (AvgIpc) is 2.74. The van der Waals surface area contributed by atoms with Gasteiger partial charge in [-0.15, -0.1) is 0 Å². The van der Waals surface area contributed by atoms with E-state index >= 15 is 0 Å². The SMILES string of the molecule is CCOc1ccc(NC(=O)CN(c2ccccc2Oc2ccccc2)S(C)(=O)=O)cc1. The first-order valence-corrected chi connectivity index (χ1v) is 11.5. The Labute approximate surface area is 182 Å². The number of para-hydroxylation sites is 3. The number of benzene rings is 3. The number of nitrogens with one attached hydrogen (secondary N) is 1. The zero-order chi connectivity index (χ0) is 22.3. The topological polar surface area (TPSA) is 84.9 Å². The Morgan fingerprint density at radius 3 is 2.19 bits per heavy atom. The van der Waals surface area contributed by atoms with E-state index in [1.54, 1.807) is 60.7 Å². The second-order valence-corrected chi connectivity index (χ2v) is 8.56. The van der Waals surface area contributed by atoms with Gasteiger partial charge in [0.25, 0.3) is 0 Å². The highest BCUT2D eigenvalue weighted by molar-refractivity contribution is 7.92. The highest BCUT2D eigenvalue weighted by Gasteiger charge is 2.24. The fourth-order valence-corrected chi connectivity index (χ4v) is 3.74. The second kappa shape index (κ2) is 9.99. The van der Waals surface area contributed by atoms with Crippen molar-refractivity contribution in [1.82, 2.24) is 0 Å². The number of hydrogen-bond donors (Lipinski definition) is 1. The van der Waals surface area contributed by atoms with Gasteiger partial charge in [0.1, 0.15) is 18.0 Å². The molecule has 0 saturated heterocycles. The molecule has 0 radical (unpaired) electrons. The van der Waals surface area contributed by atoms with Crippen LogP contribution in [0.1, 0.15) is 6.92 Å². The lowest BCUT2D eigenvalue weighted by Crippen LogP contribution is -2.37. The summed E-state index contributed by atoms with van der Waals surface area (Å²) in [6.45, 7) is 2.02. The van der Waals surface area contributed by atoms with Gasteiger partial charge in [-0.05, 0) is 55.5 Å². The molecular weight excluding hydrogens is 416 g/mol. The molecule has 0 fully saturated rings. The van der Waals surface area contributed by atoms with E-state index in [1.165, 1.54) is 0 Å². The number of anilines is 2. The van der Waals surface area contributed by atoms with Crippen LogP contribution in [0.15, 0.2) is 78.9 Å². The standard InChI is InChI=1S/C23H24N2O5S/c1-3-29-19-15-13-18(14-16-19)24-23(26)17-25(31(2,27)28)21-11-7-8-12-22(21)30-20-9-5-4-6-10-20/h4-16H,3,17H2,1-2H3,(H,24,26). The summed E-state index contributed by atoms with van der Waals surface area (Å²) < 4.78 is 37.3. The zero-order valence-electron chi connectivity index (χ0n) is 17.3. The first-order chi connectivity index (χ1) is 14.9. The van der Waals surface area contributed by atoms with Crippen molar-refractivity contribution in [1.29, 1.82) is 0 Å².